The Morgan fingerprint density at radius 1 is 1.42 bits per heavy atom. The lowest BCUT2D eigenvalue weighted by atomic mass is 10.1. The molecule has 1 rings (SSSR count). The first kappa shape index (κ1) is 16.3. The van der Waals surface area contributed by atoms with Gasteiger partial charge in [-0.2, -0.15) is 11.8 Å². The predicted octanol–water partition coefficient (Wildman–Crippen LogP) is 3.16. The van der Waals surface area contributed by atoms with E-state index >= 15 is 0 Å². The largest absolute Gasteiger partial charge is 0.371 e. The van der Waals surface area contributed by atoms with Gasteiger partial charge in [-0.1, -0.05) is 0 Å². The van der Waals surface area contributed by atoms with Crippen molar-refractivity contribution in [2.45, 2.75) is 45.8 Å². The van der Waals surface area contributed by atoms with E-state index in [1.807, 2.05) is 24.2 Å². The van der Waals surface area contributed by atoms with Gasteiger partial charge >= 0.3 is 0 Å². The van der Waals surface area contributed by atoms with Gasteiger partial charge in [0.15, 0.2) is 0 Å². The lowest BCUT2D eigenvalue weighted by Gasteiger charge is -2.29. The zero-order valence-corrected chi connectivity index (χ0v) is 13.8. The molecule has 1 atom stereocenters. The quantitative estimate of drug-likeness (QED) is 0.867. The third-order valence-electron chi connectivity index (χ3n) is 3.14. The maximum atomic E-state index is 4.26. The third-order valence-corrected chi connectivity index (χ3v) is 3.95. The van der Waals surface area contributed by atoms with Crippen LogP contribution in [-0.2, 0) is 6.54 Å². The van der Waals surface area contributed by atoms with Crippen molar-refractivity contribution < 1.29 is 0 Å². The highest BCUT2D eigenvalue weighted by Crippen LogP contribution is 2.21. The van der Waals surface area contributed by atoms with Crippen molar-refractivity contribution in [2.75, 3.05) is 24.0 Å². The van der Waals surface area contributed by atoms with E-state index < -0.39 is 0 Å². The molecule has 0 radical (unpaired) electrons. The summed E-state index contributed by atoms with van der Waals surface area (Å²) in [6.07, 6.45) is 5.99. The Morgan fingerprint density at radius 2 is 2.11 bits per heavy atom. The van der Waals surface area contributed by atoms with E-state index in [0.717, 1.165) is 12.3 Å². The van der Waals surface area contributed by atoms with Gasteiger partial charge < -0.3 is 10.2 Å². The summed E-state index contributed by atoms with van der Waals surface area (Å²) in [7, 11) is 2.16. The van der Waals surface area contributed by atoms with E-state index in [-0.39, 0.29) is 5.54 Å². The van der Waals surface area contributed by atoms with Crippen LogP contribution in [0.1, 0.15) is 33.3 Å². The summed E-state index contributed by atoms with van der Waals surface area (Å²) in [5, 5.41) is 3.53. The molecule has 1 N–H and O–H groups in total. The number of anilines is 1. The van der Waals surface area contributed by atoms with E-state index in [9.17, 15) is 0 Å². The fourth-order valence-electron chi connectivity index (χ4n) is 1.85. The number of rotatable bonds is 6. The number of nitrogens with zero attached hydrogens (tertiary/aromatic N) is 2. The summed E-state index contributed by atoms with van der Waals surface area (Å²) < 4.78 is 0. The van der Waals surface area contributed by atoms with Crippen LogP contribution < -0.4 is 10.2 Å². The molecule has 0 aliphatic rings. The summed E-state index contributed by atoms with van der Waals surface area (Å²) >= 11 is 1.88. The van der Waals surface area contributed by atoms with Crippen LogP contribution in [0.25, 0.3) is 0 Å². The summed E-state index contributed by atoms with van der Waals surface area (Å²) in [6, 6.07) is 2.63. The molecule has 0 amide bonds. The standard InChI is InChI=1S/C15H27N3S/c1-12(11-19-6)18(5)14-7-8-16-9-13(14)10-17-15(2,3)4/h7-9,12,17H,10-11H2,1-6H3. The van der Waals surface area contributed by atoms with Crippen molar-refractivity contribution in [3.05, 3.63) is 24.0 Å². The average molecular weight is 281 g/mol. The zero-order valence-electron chi connectivity index (χ0n) is 13.0. The second-order valence-electron chi connectivity index (χ2n) is 6.02. The molecule has 3 nitrogen and oxygen atoms in total. The van der Waals surface area contributed by atoms with Crippen LogP contribution >= 0.6 is 11.8 Å². The first-order valence-electron chi connectivity index (χ1n) is 6.75. The van der Waals surface area contributed by atoms with Crippen LogP contribution in [0.15, 0.2) is 18.5 Å². The second-order valence-corrected chi connectivity index (χ2v) is 6.93. The Morgan fingerprint density at radius 3 is 2.68 bits per heavy atom. The van der Waals surface area contributed by atoms with Gasteiger partial charge in [-0.25, -0.2) is 0 Å². The van der Waals surface area contributed by atoms with Gasteiger partial charge in [0.1, 0.15) is 0 Å². The average Bonchev–Trinajstić information content (AvgIpc) is 2.35. The SMILES string of the molecule is CSCC(C)N(C)c1ccncc1CNC(C)(C)C. The van der Waals surface area contributed by atoms with Crippen LogP contribution in [0.4, 0.5) is 5.69 Å². The minimum Gasteiger partial charge on any atom is -0.371 e. The molecule has 0 aliphatic carbocycles. The third kappa shape index (κ3) is 5.41. The summed E-state index contributed by atoms with van der Waals surface area (Å²) in [6.45, 7) is 9.66. The predicted molar refractivity (Wildman–Crippen MR) is 87.1 cm³/mol. The van der Waals surface area contributed by atoms with Crippen molar-refractivity contribution in [1.29, 1.82) is 0 Å². The molecule has 19 heavy (non-hydrogen) atoms. The first-order valence-corrected chi connectivity index (χ1v) is 8.14. The number of thioether (sulfide) groups is 1. The van der Waals surface area contributed by atoms with Gasteiger partial charge in [-0.15, -0.1) is 0 Å². The molecule has 1 aromatic heterocycles. The summed E-state index contributed by atoms with van der Waals surface area (Å²) in [5.41, 5.74) is 2.65. The Hall–Kier alpha value is -0.740. The van der Waals surface area contributed by atoms with E-state index in [2.05, 4.69) is 62.3 Å². The second kappa shape index (κ2) is 7.15. The van der Waals surface area contributed by atoms with Crippen LogP contribution in [-0.4, -0.2) is 35.6 Å². The molecule has 108 valence electrons. The fourth-order valence-corrected chi connectivity index (χ4v) is 2.56. The van der Waals surface area contributed by atoms with Crippen molar-refractivity contribution in [3.63, 3.8) is 0 Å². The molecule has 1 aromatic rings. The monoisotopic (exact) mass is 281 g/mol. The summed E-state index contributed by atoms with van der Waals surface area (Å²) in [4.78, 5) is 6.61. The molecule has 4 heteroatoms. The van der Waals surface area contributed by atoms with Gasteiger partial charge in [0.2, 0.25) is 0 Å². The highest BCUT2D eigenvalue weighted by Gasteiger charge is 2.15. The number of nitrogens with one attached hydrogen (secondary N) is 1. The topological polar surface area (TPSA) is 28.2 Å². The van der Waals surface area contributed by atoms with E-state index in [1.165, 1.54) is 11.3 Å². The minimum atomic E-state index is 0.122. The summed E-state index contributed by atoms with van der Waals surface area (Å²) in [5.74, 6) is 1.13. The van der Waals surface area contributed by atoms with Crippen molar-refractivity contribution in [3.8, 4) is 0 Å². The number of hydrogen-bond donors (Lipinski definition) is 1. The first-order chi connectivity index (χ1) is 8.85. The Kier molecular flexibility index (Phi) is 6.14. The van der Waals surface area contributed by atoms with Gasteiger partial charge in [0, 0.05) is 54.6 Å². The fraction of sp³-hybridized carbons (Fsp3) is 0.667. The van der Waals surface area contributed by atoms with Crippen molar-refractivity contribution in [1.82, 2.24) is 10.3 Å². The zero-order chi connectivity index (χ0) is 14.5. The lowest BCUT2D eigenvalue weighted by Crippen LogP contribution is -2.36. The molecule has 1 heterocycles. The lowest BCUT2D eigenvalue weighted by molar-refractivity contribution is 0.424. The molecular weight excluding hydrogens is 254 g/mol. The molecule has 0 fully saturated rings. The van der Waals surface area contributed by atoms with Gasteiger partial charge in [0.05, 0.1) is 0 Å². The van der Waals surface area contributed by atoms with Crippen LogP contribution in [0.3, 0.4) is 0 Å². The molecule has 0 spiro atoms. The molecule has 0 bridgehead atoms. The Bertz CT molecular complexity index is 387. The smallest absolute Gasteiger partial charge is 0.0442 e. The molecular formula is C15H27N3S. The normalized spacial score (nSPS) is 13.4. The van der Waals surface area contributed by atoms with Crippen LogP contribution in [0.2, 0.25) is 0 Å². The molecule has 0 saturated carbocycles. The van der Waals surface area contributed by atoms with Crippen LogP contribution in [0.5, 0.6) is 0 Å². The Labute approximate surface area is 122 Å². The van der Waals surface area contributed by atoms with Gasteiger partial charge in [-0.05, 0) is 40.0 Å². The van der Waals surface area contributed by atoms with Gasteiger partial charge in [0.25, 0.3) is 0 Å². The Balaban J connectivity index is 2.83. The highest BCUT2D eigenvalue weighted by atomic mass is 32.2. The number of pyridine rings is 1. The highest BCUT2D eigenvalue weighted by molar-refractivity contribution is 7.98. The van der Waals surface area contributed by atoms with E-state index in [4.69, 9.17) is 0 Å². The van der Waals surface area contributed by atoms with Crippen molar-refractivity contribution >= 4 is 17.4 Å². The van der Waals surface area contributed by atoms with E-state index in [1.54, 1.807) is 0 Å². The maximum absolute atomic E-state index is 4.26. The van der Waals surface area contributed by atoms with E-state index in [0.29, 0.717) is 6.04 Å². The minimum absolute atomic E-state index is 0.122. The van der Waals surface area contributed by atoms with Crippen LogP contribution in [0, 0.1) is 0 Å². The van der Waals surface area contributed by atoms with Crippen molar-refractivity contribution in [2.24, 2.45) is 0 Å². The molecule has 0 saturated heterocycles. The van der Waals surface area contributed by atoms with Gasteiger partial charge in [-0.3, -0.25) is 4.98 Å². The molecule has 1 unspecified atom stereocenters. The molecule has 0 aliphatic heterocycles. The molecule has 0 aromatic carbocycles. The number of hydrogen-bond acceptors (Lipinski definition) is 4. The maximum Gasteiger partial charge on any atom is 0.0442 e. The number of aromatic nitrogens is 1.